The molecule has 2 heterocycles. The van der Waals surface area contributed by atoms with Crippen molar-refractivity contribution >= 4 is 28.2 Å². The Kier molecular flexibility index (Phi) is 3.75. The molecule has 0 saturated carbocycles. The molecule has 5 heteroatoms. The molecule has 2 aromatic heterocycles. The highest BCUT2D eigenvalue weighted by Gasteiger charge is 2.12. The fourth-order valence-corrected chi connectivity index (χ4v) is 3.25. The van der Waals surface area contributed by atoms with Crippen LogP contribution in [-0.4, -0.2) is 20.6 Å². The van der Waals surface area contributed by atoms with Crippen LogP contribution in [-0.2, 0) is 24.2 Å². The molecule has 0 unspecified atom stereocenters. The zero-order valence-electron chi connectivity index (χ0n) is 11.7. The summed E-state index contributed by atoms with van der Waals surface area (Å²) in [4.78, 5) is 15.6. The first-order valence-corrected chi connectivity index (χ1v) is 7.77. The van der Waals surface area contributed by atoms with Crippen LogP contribution in [0.3, 0.4) is 0 Å². The number of hydrogen-bond acceptors (Lipinski definition) is 3. The highest BCUT2D eigenvalue weighted by molar-refractivity contribution is 7.09. The Balaban J connectivity index is 1.99. The van der Waals surface area contributed by atoms with Gasteiger partial charge in [0.2, 0.25) is 0 Å². The molecular weight excluding hydrogens is 284 g/mol. The van der Waals surface area contributed by atoms with Gasteiger partial charge in [-0.1, -0.05) is 25.1 Å². The summed E-state index contributed by atoms with van der Waals surface area (Å²) >= 11 is 1.67. The number of aromatic nitrogens is 2. The smallest absolute Gasteiger partial charge is 0.307 e. The standard InChI is InChI=1S/C16H16N2O2S/c1-2-15-17-12(10-21-15)9-18-8-11(7-16(19)20)13-5-3-4-6-14(13)18/h3-6,8,10H,2,7,9H2,1H3,(H,19,20). The van der Waals surface area contributed by atoms with Crippen LogP contribution >= 0.6 is 11.3 Å². The van der Waals surface area contributed by atoms with Crippen LogP contribution in [0.4, 0.5) is 0 Å². The van der Waals surface area contributed by atoms with Crippen molar-refractivity contribution in [2.45, 2.75) is 26.3 Å². The molecule has 3 aromatic rings. The Labute approximate surface area is 126 Å². The minimum atomic E-state index is -0.806. The second kappa shape index (κ2) is 5.69. The van der Waals surface area contributed by atoms with E-state index >= 15 is 0 Å². The van der Waals surface area contributed by atoms with Gasteiger partial charge in [-0.2, -0.15) is 0 Å². The van der Waals surface area contributed by atoms with Crippen LogP contribution in [0.5, 0.6) is 0 Å². The molecule has 0 aliphatic rings. The number of para-hydroxylation sites is 1. The highest BCUT2D eigenvalue weighted by Crippen LogP contribution is 2.23. The molecule has 0 spiro atoms. The number of rotatable bonds is 5. The summed E-state index contributed by atoms with van der Waals surface area (Å²) < 4.78 is 2.09. The largest absolute Gasteiger partial charge is 0.481 e. The zero-order valence-corrected chi connectivity index (χ0v) is 12.6. The third kappa shape index (κ3) is 2.83. The van der Waals surface area contributed by atoms with Gasteiger partial charge in [-0.05, 0) is 18.1 Å². The lowest BCUT2D eigenvalue weighted by Crippen LogP contribution is -2.00. The Morgan fingerprint density at radius 3 is 2.90 bits per heavy atom. The molecular formula is C16H16N2O2S. The predicted molar refractivity (Wildman–Crippen MR) is 83.9 cm³/mol. The van der Waals surface area contributed by atoms with Crippen molar-refractivity contribution in [1.82, 2.24) is 9.55 Å². The fraction of sp³-hybridized carbons (Fsp3) is 0.250. The SMILES string of the molecule is CCc1nc(Cn2cc(CC(=O)O)c3ccccc32)cs1. The summed E-state index contributed by atoms with van der Waals surface area (Å²) in [5, 5.41) is 13.3. The van der Waals surface area contributed by atoms with Gasteiger partial charge in [0.15, 0.2) is 0 Å². The lowest BCUT2D eigenvalue weighted by molar-refractivity contribution is -0.136. The van der Waals surface area contributed by atoms with Crippen LogP contribution in [0, 0.1) is 0 Å². The van der Waals surface area contributed by atoms with Gasteiger partial charge in [0.1, 0.15) is 0 Å². The molecule has 4 nitrogen and oxygen atoms in total. The summed E-state index contributed by atoms with van der Waals surface area (Å²) in [6, 6.07) is 7.91. The average molecular weight is 300 g/mol. The Morgan fingerprint density at radius 1 is 1.38 bits per heavy atom. The van der Waals surface area contributed by atoms with E-state index in [1.807, 2.05) is 30.5 Å². The monoisotopic (exact) mass is 300 g/mol. The molecule has 1 N–H and O–H groups in total. The van der Waals surface area contributed by atoms with Crippen molar-refractivity contribution in [2.24, 2.45) is 0 Å². The summed E-state index contributed by atoms with van der Waals surface area (Å²) in [5.41, 5.74) is 2.93. The lowest BCUT2D eigenvalue weighted by Gasteiger charge is -2.02. The number of carboxylic acid groups (broad SMARTS) is 1. The molecule has 21 heavy (non-hydrogen) atoms. The first-order chi connectivity index (χ1) is 10.2. The van der Waals surface area contributed by atoms with Crippen LogP contribution in [0.2, 0.25) is 0 Å². The second-order valence-electron chi connectivity index (χ2n) is 4.96. The van der Waals surface area contributed by atoms with E-state index < -0.39 is 5.97 Å². The predicted octanol–water partition coefficient (Wildman–Crippen LogP) is 3.34. The van der Waals surface area contributed by atoms with Gasteiger partial charge in [-0.15, -0.1) is 11.3 Å². The Bertz CT molecular complexity index is 789. The molecule has 1 aromatic carbocycles. The first kappa shape index (κ1) is 13.8. The van der Waals surface area contributed by atoms with Gasteiger partial charge in [-0.3, -0.25) is 4.79 Å². The average Bonchev–Trinajstić information content (AvgIpc) is 3.05. The first-order valence-electron chi connectivity index (χ1n) is 6.89. The number of hydrogen-bond donors (Lipinski definition) is 1. The topological polar surface area (TPSA) is 55.1 Å². The molecule has 0 fully saturated rings. The van der Waals surface area contributed by atoms with Gasteiger partial charge in [0.05, 0.1) is 23.7 Å². The van der Waals surface area contributed by atoms with E-state index in [0.29, 0.717) is 6.54 Å². The minimum absolute atomic E-state index is 0.0464. The Hall–Kier alpha value is -2.14. The van der Waals surface area contributed by atoms with Crippen molar-refractivity contribution in [3.63, 3.8) is 0 Å². The maximum atomic E-state index is 11.0. The minimum Gasteiger partial charge on any atom is -0.481 e. The van der Waals surface area contributed by atoms with Gasteiger partial charge in [0.25, 0.3) is 0 Å². The molecule has 0 amide bonds. The van der Waals surface area contributed by atoms with Crippen LogP contribution in [0.1, 0.15) is 23.2 Å². The number of aliphatic carboxylic acids is 1. The third-order valence-electron chi connectivity index (χ3n) is 3.45. The number of benzene rings is 1. The van der Waals surface area contributed by atoms with E-state index in [1.54, 1.807) is 11.3 Å². The van der Waals surface area contributed by atoms with E-state index in [4.69, 9.17) is 5.11 Å². The number of aryl methyl sites for hydroxylation is 1. The van der Waals surface area contributed by atoms with Gasteiger partial charge >= 0.3 is 5.97 Å². The summed E-state index contributed by atoms with van der Waals surface area (Å²) in [5.74, 6) is -0.806. The van der Waals surface area contributed by atoms with Crippen molar-refractivity contribution in [3.05, 3.63) is 52.1 Å². The molecule has 0 aliphatic heterocycles. The van der Waals surface area contributed by atoms with Crippen LogP contribution in [0.25, 0.3) is 10.9 Å². The lowest BCUT2D eigenvalue weighted by atomic mass is 10.1. The third-order valence-corrected chi connectivity index (χ3v) is 4.49. The molecule has 3 rings (SSSR count). The van der Waals surface area contributed by atoms with E-state index in [-0.39, 0.29) is 6.42 Å². The van der Waals surface area contributed by atoms with E-state index in [9.17, 15) is 4.79 Å². The van der Waals surface area contributed by atoms with Crippen LogP contribution in [0.15, 0.2) is 35.8 Å². The van der Waals surface area contributed by atoms with E-state index in [1.165, 1.54) is 0 Å². The highest BCUT2D eigenvalue weighted by atomic mass is 32.1. The normalized spacial score (nSPS) is 11.1. The molecule has 0 saturated heterocycles. The maximum absolute atomic E-state index is 11.0. The van der Waals surface area contributed by atoms with Gasteiger partial charge < -0.3 is 9.67 Å². The quantitative estimate of drug-likeness (QED) is 0.786. The molecule has 0 aliphatic carbocycles. The number of nitrogens with zero attached hydrogens (tertiary/aromatic N) is 2. The maximum Gasteiger partial charge on any atom is 0.307 e. The van der Waals surface area contributed by atoms with Gasteiger partial charge in [-0.25, -0.2) is 4.98 Å². The van der Waals surface area contributed by atoms with Crippen molar-refractivity contribution in [1.29, 1.82) is 0 Å². The summed E-state index contributed by atoms with van der Waals surface area (Å²) in [7, 11) is 0. The zero-order chi connectivity index (χ0) is 14.8. The van der Waals surface area contributed by atoms with Crippen molar-refractivity contribution in [3.8, 4) is 0 Å². The van der Waals surface area contributed by atoms with Crippen molar-refractivity contribution < 1.29 is 9.90 Å². The van der Waals surface area contributed by atoms with E-state index in [0.717, 1.165) is 33.6 Å². The molecule has 0 radical (unpaired) electrons. The molecule has 0 atom stereocenters. The van der Waals surface area contributed by atoms with Crippen molar-refractivity contribution in [2.75, 3.05) is 0 Å². The van der Waals surface area contributed by atoms with Gasteiger partial charge in [0, 0.05) is 22.5 Å². The molecule has 0 bridgehead atoms. The summed E-state index contributed by atoms with van der Waals surface area (Å²) in [6.45, 7) is 2.77. The summed E-state index contributed by atoms with van der Waals surface area (Å²) in [6.07, 6.45) is 2.93. The number of fused-ring (bicyclic) bond motifs is 1. The number of carbonyl (C=O) groups is 1. The molecule has 108 valence electrons. The number of thiazole rings is 1. The van der Waals surface area contributed by atoms with E-state index in [2.05, 4.69) is 21.9 Å². The Morgan fingerprint density at radius 2 is 2.19 bits per heavy atom. The fourth-order valence-electron chi connectivity index (χ4n) is 2.52. The number of carboxylic acids is 1. The second-order valence-corrected chi connectivity index (χ2v) is 5.90. The van der Waals surface area contributed by atoms with Crippen LogP contribution < -0.4 is 0 Å².